The zero-order valence-corrected chi connectivity index (χ0v) is 7.00. The molecule has 0 rings (SSSR count). The molecular weight excluding hydrogens is 144 g/mol. The molecule has 1 atom stereocenters. The normalized spacial score (nSPS) is 14.5. The zero-order valence-electron chi connectivity index (χ0n) is 7.00. The summed E-state index contributed by atoms with van der Waals surface area (Å²) in [6.07, 6.45) is 0. The van der Waals surface area contributed by atoms with Crippen LogP contribution in [-0.4, -0.2) is 24.2 Å². The number of carboxylic acid groups (broad SMARTS) is 1. The molecular formula is C7H16N2O2. The number of hydrogen-bond donors (Lipinski definition) is 3. The molecule has 0 amide bonds. The molecule has 5 N–H and O–H groups in total. The van der Waals surface area contributed by atoms with E-state index in [9.17, 15) is 4.79 Å². The van der Waals surface area contributed by atoms with Crippen molar-refractivity contribution in [2.75, 3.05) is 13.1 Å². The van der Waals surface area contributed by atoms with Crippen LogP contribution in [0.4, 0.5) is 0 Å². The lowest BCUT2D eigenvalue weighted by atomic mass is 9.79. The second-order valence-corrected chi connectivity index (χ2v) is 3.32. The SMILES string of the molecule is CC(C)(CN)[C@@H](CN)C(=O)O. The fourth-order valence-corrected chi connectivity index (χ4v) is 0.896. The molecule has 11 heavy (non-hydrogen) atoms. The van der Waals surface area contributed by atoms with E-state index in [0.29, 0.717) is 6.54 Å². The first-order valence-electron chi connectivity index (χ1n) is 3.58. The van der Waals surface area contributed by atoms with E-state index in [1.54, 1.807) is 13.8 Å². The van der Waals surface area contributed by atoms with Crippen molar-refractivity contribution in [3.63, 3.8) is 0 Å². The molecule has 0 unspecified atom stereocenters. The summed E-state index contributed by atoms with van der Waals surface area (Å²) in [5.74, 6) is -1.42. The number of nitrogens with two attached hydrogens (primary N) is 2. The lowest BCUT2D eigenvalue weighted by Gasteiger charge is -2.28. The van der Waals surface area contributed by atoms with Gasteiger partial charge in [-0.25, -0.2) is 0 Å². The largest absolute Gasteiger partial charge is 0.481 e. The monoisotopic (exact) mass is 160 g/mol. The Morgan fingerprint density at radius 1 is 1.55 bits per heavy atom. The number of aliphatic carboxylic acids is 1. The Bertz CT molecular complexity index is 145. The molecule has 0 radical (unpaired) electrons. The summed E-state index contributed by atoms with van der Waals surface area (Å²) in [7, 11) is 0. The van der Waals surface area contributed by atoms with Crippen LogP contribution in [0, 0.1) is 11.3 Å². The molecule has 4 heteroatoms. The van der Waals surface area contributed by atoms with E-state index in [0.717, 1.165) is 0 Å². The average Bonchev–Trinajstić information content (AvgIpc) is 1.88. The van der Waals surface area contributed by atoms with Gasteiger partial charge in [-0.05, 0) is 12.0 Å². The second-order valence-electron chi connectivity index (χ2n) is 3.32. The highest BCUT2D eigenvalue weighted by atomic mass is 16.4. The van der Waals surface area contributed by atoms with Crippen molar-refractivity contribution in [1.82, 2.24) is 0 Å². The molecule has 0 aliphatic rings. The maximum Gasteiger partial charge on any atom is 0.308 e. The summed E-state index contributed by atoms with van der Waals surface area (Å²) in [5.41, 5.74) is 10.3. The van der Waals surface area contributed by atoms with Crippen LogP contribution in [-0.2, 0) is 4.79 Å². The molecule has 0 aromatic carbocycles. The first-order chi connectivity index (χ1) is 4.95. The van der Waals surface area contributed by atoms with Gasteiger partial charge in [0.2, 0.25) is 0 Å². The van der Waals surface area contributed by atoms with Crippen molar-refractivity contribution in [2.24, 2.45) is 22.8 Å². The van der Waals surface area contributed by atoms with Crippen LogP contribution in [0.2, 0.25) is 0 Å². The van der Waals surface area contributed by atoms with Crippen LogP contribution in [0.15, 0.2) is 0 Å². The molecule has 4 nitrogen and oxygen atoms in total. The van der Waals surface area contributed by atoms with Crippen LogP contribution in [0.5, 0.6) is 0 Å². The third kappa shape index (κ3) is 2.48. The van der Waals surface area contributed by atoms with Crippen molar-refractivity contribution < 1.29 is 9.90 Å². The van der Waals surface area contributed by atoms with Gasteiger partial charge < -0.3 is 16.6 Å². The van der Waals surface area contributed by atoms with Gasteiger partial charge in [0, 0.05) is 6.54 Å². The van der Waals surface area contributed by atoms with E-state index >= 15 is 0 Å². The topological polar surface area (TPSA) is 89.3 Å². The lowest BCUT2D eigenvalue weighted by molar-refractivity contribution is -0.145. The summed E-state index contributed by atoms with van der Waals surface area (Å²) >= 11 is 0. The molecule has 0 aliphatic heterocycles. The van der Waals surface area contributed by atoms with Crippen molar-refractivity contribution in [3.8, 4) is 0 Å². The third-order valence-corrected chi connectivity index (χ3v) is 2.00. The summed E-state index contributed by atoms with van der Waals surface area (Å²) < 4.78 is 0. The van der Waals surface area contributed by atoms with Crippen molar-refractivity contribution in [2.45, 2.75) is 13.8 Å². The average molecular weight is 160 g/mol. The van der Waals surface area contributed by atoms with E-state index < -0.39 is 17.3 Å². The number of carbonyl (C=O) groups is 1. The van der Waals surface area contributed by atoms with E-state index in [4.69, 9.17) is 16.6 Å². The van der Waals surface area contributed by atoms with Gasteiger partial charge in [-0.3, -0.25) is 4.79 Å². The van der Waals surface area contributed by atoms with Gasteiger partial charge in [0.05, 0.1) is 5.92 Å². The standard InChI is InChI=1S/C7H16N2O2/c1-7(2,4-9)5(3-8)6(10)11/h5H,3-4,8-9H2,1-2H3,(H,10,11)/t5-/m0/s1. The van der Waals surface area contributed by atoms with Crippen LogP contribution >= 0.6 is 0 Å². The highest BCUT2D eigenvalue weighted by Gasteiger charge is 2.32. The lowest BCUT2D eigenvalue weighted by Crippen LogP contribution is -2.41. The summed E-state index contributed by atoms with van der Waals surface area (Å²) in [6.45, 7) is 4.08. The Morgan fingerprint density at radius 2 is 2.00 bits per heavy atom. The minimum absolute atomic E-state index is 0.138. The van der Waals surface area contributed by atoms with Gasteiger partial charge in [0.25, 0.3) is 0 Å². The molecule has 0 aromatic heterocycles. The molecule has 0 fully saturated rings. The predicted octanol–water partition coefficient (Wildman–Crippen LogP) is -0.369. The van der Waals surface area contributed by atoms with Crippen LogP contribution in [0.3, 0.4) is 0 Å². The van der Waals surface area contributed by atoms with Crippen molar-refractivity contribution >= 4 is 5.97 Å². The molecule has 0 heterocycles. The second kappa shape index (κ2) is 3.69. The Morgan fingerprint density at radius 3 is 2.09 bits per heavy atom. The van der Waals surface area contributed by atoms with Crippen LogP contribution in [0.1, 0.15) is 13.8 Å². The quantitative estimate of drug-likeness (QED) is 0.523. The van der Waals surface area contributed by atoms with Crippen LogP contribution < -0.4 is 11.5 Å². The molecule has 0 aromatic rings. The Balaban J connectivity index is 4.36. The maximum atomic E-state index is 10.6. The molecule has 66 valence electrons. The Hall–Kier alpha value is -0.610. The van der Waals surface area contributed by atoms with Gasteiger partial charge >= 0.3 is 5.97 Å². The van der Waals surface area contributed by atoms with Gasteiger partial charge in [-0.1, -0.05) is 13.8 Å². The number of rotatable bonds is 4. The minimum Gasteiger partial charge on any atom is -0.481 e. The van der Waals surface area contributed by atoms with E-state index in [1.165, 1.54) is 0 Å². The third-order valence-electron chi connectivity index (χ3n) is 2.00. The molecule has 0 aliphatic carbocycles. The molecule has 0 saturated carbocycles. The molecule has 0 bridgehead atoms. The Kier molecular flexibility index (Phi) is 3.48. The maximum absolute atomic E-state index is 10.6. The van der Waals surface area contributed by atoms with E-state index in [-0.39, 0.29) is 6.54 Å². The molecule has 0 saturated heterocycles. The Labute approximate surface area is 66.6 Å². The summed E-state index contributed by atoms with van der Waals surface area (Å²) in [6, 6.07) is 0. The predicted molar refractivity (Wildman–Crippen MR) is 43.0 cm³/mol. The summed E-state index contributed by atoms with van der Waals surface area (Å²) in [5, 5.41) is 8.70. The number of hydrogen-bond acceptors (Lipinski definition) is 3. The smallest absolute Gasteiger partial charge is 0.308 e. The molecule has 0 spiro atoms. The van der Waals surface area contributed by atoms with Crippen LogP contribution in [0.25, 0.3) is 0 Å². The van der Waals surface area contributed by atoms with Gasteiger partial charge in [-0.2, -0.15) is 0 Å². The van der Waals surface area contributed by atoms with Gasteiger partial charge in [-0.15, -0.1) is 0 Å². The van der Waals surface area contributed by atoms with E-state index in [2.05, 4.69) is 0 Å². The van der Waals surface area contributed by atoms with Gasteiger partial charge in [0.1, 0.15) is 0 Å². The summed E-state index contributed by atoms with van der Waals surface area (Å²) in [4.78, 5) is 10.6. The highest BCUT2D eigenvalue weighted by Crippen LogP contribution is 2.24. The fourth-order valence-electron chi connectivity index (χ4n) is 0.896. The number of carboxylic acids is 1. The first kappa shape index (κ1) is 10.4. The fraction of sp³-hybridized carbons (Fsp3) is 0.857. The minimum atomic E-state index is -0.872. The van der Waals surface area contributed by atoms with Crippen molar-refractivity contribution in [3.05, 3.63) is 0 Å². The van der Waals surface area contributed by atoms with Gasteiger partial charge in [0.15, 0.2) is 0 Å². The van der Waals surface area contributed by atoms with Crippen molar-refractivity contribution in [1.29, 1.82) is 0 Å². The zero-order chi connectivity index (χ0) is 9.07. The highest BCUT2D eigenvalue weighted by molar-refractivity contribution is 5.71. The first-order valence-corrected chi connectivity index (χ1v) is 3.58. The van der Waals surface area contributed by atoms with E-state index in [1.807, 2.05) is 0 Å².